The molecular formula is C13H24N2. The number of nitrogens with two attached hydrogens (primary N) is 1. The molecule has 1 aromatic rings. The van der Waals surface area contributed by atoms with Crippen LogP contribution in [0, 0.1) is 0 Å². The van der Waals surface area contributed by atoms with Crippen molar-refractivity contribution in [2.24, 2.45) is 5.73 Å². The lowest BCUT2D eigenvalue weighted by atomic mass is 10.1. The van der Waals surface area contributed by atoms with E-state index in [1.165, 1.54) is 31.2 Å². The van der Waals surface area contributed by atoms with Crippen LogP contribution in [0.25, 0.3) is 0 Å². The van der Waals surface area contributed by atoms with Gasteiger partial charge in [-0.3, -0.25) is 0 Å². The summed E-state index contributed by atoms with van der Waals surface area (Å²) in [5.41, 5.74) is 7.24. The molecule has 2 nitrogen and oxygen atoms in total. The van der Waals surface area contributed by atoms with Gasteiger partial charge in [-0.15, -0.1) is 0 Å². The van der Waals surface area contributed by atoms with Crippen molar-refractivity contribution in [1.82, 2.24) is 4.57 Å². The molecule has 0 amide bonds. The van der Waals surface area contributed by atoms with Crippen LogP contribution in [-0.4, -0.2) is 4.57 Å². The van der Waals surface area contributed by atoms with Crippen molar-refractivity contribution < 1.29 is 0 Å². The molecular weight excluding hydrogens is 184 g/mol. The first-order valence-corrected chi connectivity index (χ1v) is 6.19. The van der Waals surface area contributed by atoms with Gasteiger partial charge in [0, 0.05) is 25.0 Å². The van der Waals surface area contributed by atoms with Gasteiger partial charge in [0.15, 0.2) is 0 Å². The average Bonchev–Trinajstić information content (AvgIpc) is 2.72. The summed E-state index contributed by atoms with van der Waals surface area (Å²) in [5, 5.41) is 0. The number of aryl methyl sites for hydroxylation is 1. The zero-order valence-electron chi connectivity index (χ0n) is 10.1. The van der Waals surface area contributed by atoms with Crippen LogP contribution in [0.5, 0.6) is 0 Å². The molecule has 1 heterocycles. The normalized spacial score (nSPS) is 13.0. The Hall–Kier alpha value is -0.760. The van der Waals surface area contributed by atoms with Crippen LogP contribution < -0.4 is 5.73 Å². The molecule has 1 unspecified atom stereocenters. The summed E-state index contributed by atoms with van der Waals surface area (Å²) in [6.07, 6.45) is 10.6. The second-order valence-electron chi connectivity index (χ2n) is 4.26. The summed E-state index contributed by atoms with van der Waals surface area (Å²) in [5.74, 6) is 0. The zero-order valence-corrected chi connectivity index (χ0v) is 10.1. The van der Waals surface area contributed by atoms with E-state index in [0.29, 0.717) is 0 Å². The van der Waals surface area contributed by atoms with E-state index >= 15 is 0 Å². The molecule has 0 saturated carbocycles. The molecule has 0 saturated heterocycles. The average molecular weight is 208 g/mol. The van der Waals surface area contributed by atoms with Crippen molar-refractivity contribution in [3.63, 3.8) is 0 Å². The minimum Gasteiger partial charge on any atom is -0.354 e. The molecule has 86 valence electrons. The third-order valence-electron chi connectivity index (χ3n) is 2.91. The molecule has 2 N–H and O–H groups in total. The molecule has 0 spiro atoms. The molecule has 1 rings (SSSR count). The summed E-state index contributed by atoms with van der Waals surface area (Å²) in [6.45, 7) is 5.51. The highest BCUT2D eigenvalue weighted by molar-refractivity contribution is 5.14. The second kappa shape index (κ2) is 6.67. The molecule has 1 aromatic heterocycles. The summed E-state index contributed by atoms with van der Waals surface area (Å²) in [4.78, 5) is 0. The van der Waals surface area contributed by atoms with Crippen LogP contribution in [0.3, 0.4) is 0 Å². The van der Waals surface area contributed by atoms with E-state index < -0.39 is 0 Å². The number of hydrogen-bond donors (Lipinski definition) is 1. The Morgan fingerprint density at radius 3 is 2.73 bits per heavy atom. The third-order valence-corrected chi connectivity index (χ3v) is 2.91. The molecule has 0 aliphatic rings. The highest BCUT2D eigenvalue weighted by atomic mass is 14.9. The maximum absolute atomic E-state index is 5.97. The first kappa shape index (κ1) is 12.3. The predicted molar refractivity (Wildman–Crippen MR) is 65.8 cm³/mol. The van der Waals surface area contributed by atoms with Gasteiger partial charge in [0.2, 0.25) is 0 Å². The standard InChI is InChI=1S/C13H24N2/c1-3-5-6-7-9-15-10-8-12(11-15)13(14)4-2/h8,10-11,13H,3-7,9,14H2,1-2H3. The van der Waals surface area contributed by atoms with E-state index in [1.807, 2.05) is 0 Å². The Kier molecular flexibility index (Phi) is 5.48. The first-order valence-electron chi connectivity index (χ1n) is 6.19. The van der Waals surface area contributed by atoms with Gasteiger partial charge in [0.05, 0.1) is 0 Å². The van der Waals surface area contributed by atoms with Gasteiger partial charge < -0.3 is 10.3 Å². The maximum Gasteiger partial charge on any atom is 0.0307 e. The van der Waals surface area contributed by atoms with E-state index in [2.05, 4.69) is 36.9 Å². The minimum absolute atomic E-state index is 0.210. The van der Waals surface area contributed by atoms with Crippen molar-refractivity contribution in [2.45, 2.75) is 58.5 Å². The smallest absolute Gasteiger partial charge is 0.0307 e. The topological polar surface area (TPSA) is 30.9 Å². The first-order chi connectivity index (χ1) is 7.27. The molecule has 0 radical (unpaired) electrons. The van der Waals surface area contributed by atoms with E-state index in [1.54, 1.807) is 0 Å². The van der Waals surface area contributed by atoms with E-state index in [4.69, 9.17) is 5.73 Å². The highest BCUT2D eigenvalue weighted by Gasteiger charge is 2.04. The lowest BCUT2D eigenvalue weighted by molar-refractivity contribution is 0.581. The third kappa shape index (κ3) is 4.08. The monoisotopic (exact) mass is 208 g/mol. The number of aromatic nitrogens is 1. The van der Waals surface area contributed by atoms with Crippen LogP contribution >= 0.6 is 0 Å². The number of unbranched alkanes of at least 4 members (excludes halogenated alkanes) is 3. The Labute approximate surface area is 93.5 Å². The number of nitrogens with zero attached hydrogens (tertiary/aromatic N) is 1. The van der Waals surface area contributed by atoms with Gasteiger partial charge in [0.25, 0.3) is 0 Å². The Morgan fingerprint density at radius 1 is 1.27 bits per heavy atom. The summed E-state index contributed by atoms with van der Waals surface area (Å²) < 4.78 is 2.26. The van der Waals surface area contributed by atoms with Crippen LogP contribution in [0.15, 0.2) is 18.5 Å². The van der Waals surface area contributed by atoms with E-state index in [0.717, 1.165) is 13.0 Å². The molecule has 1 atom stereocenters. The van der Waals surface area contributed by atoms with Crippen molar-refractivity contribution in [2.75, 3.05) is 0 Å². The summed E-state index contributed by atoms with van der Waals surface area (Å²) in [7, 11) is 0. The minimum atomic E-state index is 0.210. The van der Waals surface area contributed by atoms with Crippen molar-refractivity contribution in [1.29, 1.82) is 0 Å². The van der Waals surface area contributed by atoms with Gasteiger partial charge in [-0.25, -0.2) is 0 Å². The lowest BCUT2D eigenvalue weighted by Crippen LogP contribution is -2.07. The maximum atomic E-state index is 5.97. The highest BCUT2D eigenvalue weighted by Crippen LogP contribution is 2.14. The lowest BCUT2D eigenvalue weighted by Gasteiger charge is -2.05. The van der Waals surface area contributed by atoms with Gasteiger partial charge in [-0.1, -0.05) is 33.1 Å². The summed E-state index contributed by atoms with van der Waals surface area (Å²) in [6, 6.07) is 2.36. The fourth-order valence-electron chi connectivity index (χ4n) is 1.77. The zero-order chi connectivity index (χ0) is 11.1. The molecule has 15 heavy (non-hydrogen) atoms. The van der Waals surface area contributed by atoms with Gasteiger partial charge in [-0.05, 0) is 24.5 Å². The second-order valence-corrected chi connectivity index (χ2v) is 4.26. The molecule has 0 aromatic carbocycles. The summed E-state index contributed by atoms with van der Waals surface area (Å²) >= 11 is 0. The molecule has 0 fully saturated rings. The Morgan fingerprint density at radius 2 is 2.07 bits per heavy atom. The van der Waals surface area contributed by atoms with Crippen molar-refractivity contribution in [3.05, 3.63) is 24.0 Å². The van der Waals surface area contributed by atoms with E-state index in [9.17, 15) is 0 Å². The Balaban J connectivity index is 2.33. The number of hydrogen-bond acceptors (Lipinski definition) is 1. The number of rotatable bonds is 7. The van der Waals surface area contributed by atoms with Crippen LogP contribution in [0.4, 0.5) is 0 Å². The molecule has 0 aliphatic carbocycles. The quantitative estimate of drug-likeness (QED) is 0.683. The van der Waals surface area contributed by atoms with Crippen molar-refractivity contribution in [3.8, 4) is 0 Å². The van der Waals surface area contributed by atoms with Crippen molar-refractivity contribution >= 4 is 0 Å². The molecule has 2 heteroatoms. The van der Waals surface area contributed by atoms with Crippen LogP contribution in [0.2, 0.25) is 0 Å². The van der Waals surface area contributed by atoms with Gasteiger partial charge in [0.1, 0.15) is 0 Å². The van der Waals surface area contributed by atoms with Crippen LogP contribution in [0.1, 0.15) is 57.6 Å². The van der Waals surface area contributed by atoms with E-state index in [-0.39, 0.29) is 6.04 Å². The Bertz CT molecular complexity index is 265. The SMILES string of the molecule is CCCCCCn1ccc(C(N)CC)c1. The fourth-order valence-corrected chi connectivity index (χ4v) is 1.77. The van der Waals surface area contributed by atoms with Gasteiger partial charge >= 0.3 is 0 Å². The van der Waals surface area contributed by atoms with Crippen LogP contribution in [-0.2, 0) is 6.54 Å². The predicted octanol–water partition coefficient (Wildman–Crippen LogP) is 3.48. The largest absolute Gasteiger partial charge is 0.354 e. The fraction of sp³-hybridized carbons (Fsp3) is 0.692. The molecule has 0 bridgehead atoms. The molecule has 0 aliphatic heterocycles. The van der Waals surface area contributed by atoms with Gasteiger partial charge in [-0.2, -0.15) is 0 Å².